The Morgan fingerprint density at radius 2 is 1.70 bits per heavy atom. The monoisotopic (exact) mass is 513 g/mol. The second kappa shape index (κ2) is 9.20. The number of aliphatic carboxylic acids is 1. The topological polar surface area (TPSA) is 94.9 Å². The molecule has 2 fully saturated rings. The number of carboxylic acids is 1. The second-order valence-corrected chi connectivity index (χ2v) is 10.6. The van der Waals surface area contributed by atoms with Gasteiger partial charge in [-0.2, -0.15) is 9.28 Å². The molecule has 2 aromatic rings. The Balaban J connectivity index is 1.80. The van der Waals surface area contributed by atoms with E-state index in [4.69, 9.17) is 0 Å². The van der Waals surface area contributed by atoms with E-state index in [1.807, 2.05) is 0 Å². The van der Waals surface area contributed by atoms with Crippen molar-refractivity contribution in [2.45, 2.75) is 76.0 Å². The highest BCUT2D eigenvalue weighted by Crippen LogP contribution is 2.61. The van der Waals surface area contributed by atoms with Crippen molar-refractivity contribution < 1.29 is 33.4 Å². The van der Waals surface area contributed by atoms with Gasteiger partial charge in [0.25, 0.3) is 0 Å². The summed E-state index contributed by atoms with van der Waals surface area (Å²) in [6, 6.07) is 8.87. The molecule has 196 valence electrons. The average Bonchev–Trinajstić information content (AvgIpc) is 3.59. The van der Waals surface area contributed by atoms with Gasteiger partial charge < -0.3 is 10.2 Å². The number of rotatable bonds is 7. The van der Waals surface area contributed by atoms with Gasteiger partial charge in [-0.15, -0.1) is 0 Å². The molecule has 5 rings (SSSR count). The van der Waals surface area contributed by atoms with E-state index in [0.717, 1.165) is 0 Å². The molecule has 9 heteroatoms. The summed E-state index contributed by atoms with van der Waals surface area (Å²) in [7, 11) is 0. The summed E-state index contributed by atoms with van der Waals surface area (Å²) in [5, 5.41) is 20.5. The van der Waals surface area contributed by atoms with Gasteiger partial charge in [-0.1, -0.05) is 18.2 Å². The van der Waals surface area contributed by atoms with Gasteiger partial charge in [0.15, 0.2) is 11.4 Å². The number of hydrogen-bond donors (Lipinski definition) is 2. The quantitative estimate of drug-likeness (QED) is 0.469. The van der Waals surface area contributed by atoms with Crippen LogP contribution < -0.4 is 4.48 Å². The van der Waals surface area contributed by atoms with E-state index in [2.05, 4.69) is 0 Å². The molecule has 0 aromatic heterocycles. The van der Waals surface area contributed by atoms with Gasteiger partial charge in [-0.25, -0.2) is 8.78 Å². The molecule has 2 amide bonds. The molecule has 7 nitrogen and oxygen atoms in total. The van der Waals surface area contributed by atoms with Crippen molar-refractivity contribution in [3.05, 3.63) is 65.2 Å². The van der Waals surface area contributed by atoms with Crippen molar-refractivity contribution in [2.24, 2.45) is 5.92 Å². The molecule has 3 aliphatic rings. The molecule has 0 unspecified atom stereocenters. The number of nitrogens with zero attached hydrogens (tertiary/aromatic N) is 2. The summed E-state index contributed by atoms with van der Waals surface area (Å²) in [6.07, 6.45) is 1.86. The summed E-state index contributed by atoms with van der Waals surface area (Å²) >= 11 is 0. The SMILES string of the molecule is C[C@@H](c1ccc(F)cc1)[N@@+]1(C(=O)O)c2cc(F)ccc2C[C@H]2CCC[C@]21N(C(=O)CCC(=O)O)C1CC1. The van der Waals surface area contributed by atoms with E-state index in [9.17, 15) is 33.4 Å². The van der Waals surface area contributed by atoms with E-state index in [1.54, 1.807) is 30.0 Å². The molecule has 2 aliphatic carbocycles. The molecule has 0 radical (unpaired) electrons. The first-order valence-corrected chi connectivity index (χ1v) is 12.8. The molecule has 2 saturated carbocycles. The molecule has 0 spiro atoms. The van der Waals surface area contributed by atoms with E-state index in [-0.39, 0.29) is 30.7 Å². The van der Waals surface area contributed by atoms with Crippen molar-refractivity contribution in [3.63, 3.8) is 0 Å². The number of fused-ring (bicyclic) bond motifs is 2. The number of carbonyl (C=O) groups is 3. The van der Waals surface area contributed by atoms with Crippen LogP contribution in [0.2, 0.25) is 0 Å². The highest BCUT2D eigenvalue weighted by atomic mass is 19.1. The predicted molar refractivity (Wildman–Crippen MR) is 132 cm³/mol. The Morgan fingerprint density at radius 3 is 2.32 bits per heavy atom. The van der Waals surface area contributed by atoms with Crippen LogP contribution in [-0.4, -0.2) is 44.8 Å². The van der Waals surface area contributed by atoms with Crippen molar-refractivity contribution in [1.29, 1.82) is 0 Å². The van der Waals surface area contributed by atoms with Gasteiger partial charge >= 0.3 is 12.1 Å². The number of carboxylic acid groups (broad SMARTS) is 2. The van der Waals surface area contributed by atoms with Gasteiger partial charge in [0.1, 0.15) is 17.7 Å². The molecule has 37 heavy (non-hydrogen) atoms. The number of halogens is 2. The number of carbonyl (C=O) groups excluding carboxylic acids is 1. The van der Waals surface area contributed by atoms with Crippen LogP contribution in [0.4, 0.5) is 19.3 Å². The lowest BCUT2D eigenvalue weighted by atomic mass is 9.76. The van der Waals surface area contributed by atoms with Crippen molar-refractivity contribution >= 4 is 23.7 Å². The molecule has 0 bridgehead atoms. The van der Waals surface area contributed by atoms with E-state index < -0.39 is 39.9 Å². The highest BCUT2D eigenvalue weighted by molar-refractivity contribution is 5.89. The third-order valence-corrected chi connectivity index (χ3v) is 8.64. The first-order valence-electron chi connectivity index (χ1n) is 12.8. The third kappa shape index (κ3) is 3.82. The molecule has 0 saturated heterocycles. The van der Waals surface area contributed by atoms with E-state index in [0.29, 0.717) is 55.3 Å². The standard InChI is InChI=1S/C28H30F2N2O5/c1-17(18-4-7-21(29)8-5-18)32(27(36)37)24-16-22(30)9-6-19(24)15-20-3-2-14-28(20,32)31(23-10-11-23)25(33)12-13-26(34)35/h4-9,16-17,20,23H,2-3,10-15H2,1H3,(H-,34,35,36,37)/p+1/t17-,20+,28+,32-/m0/s1. The van der Waals surface area contributed by atoms with E-state index in [1.165, 1.54) is 24.3 Å². The Morgan fingerprint density at radius 1 is 1.03 bits per heavy atom. The Labute approximate surface area is 213 Å². The predicted octanol–water partition coefficient (Wildman–Crippen LogP) is 5.62. The molecular formula is C28H31F2N2O5+. The first kappa shape index (κ1) is 25.3. The van der Waals surface area contributed by atoms with Gasteiger partial charge in [0, 0.05) is 42.0 Å². The molecule has 1 aliphatic heterocycles. The summed E-state index contributed by atoms with van der Waals surface area (Å²) in [4.78, 5) is 40.6. The Hall–Kier alpha value is -3.33. The Kier molecular flexibility index (Phi) is 6.30. The van der Waals surface area contributed by atoms with Crippen molar-refractivity contribution in [3.8, 4) is 0 Å². The first-order chi connectivity index (χ1) is 17.6. The van der Waals surface area contributed by atoms with Gasteiger partial charge in [0.05, 0.1) is 6.42 Å². The lowest BCUT2D eigenvalue weighted by Gasteiger charge is -2.59. The average molecular weight is 514 g/mol. The minimum Gasteiger partial charge on any atom is -0.481 e. The molecule has 2 N–H and O–H groups in total. The Bertz CT molecular complexity index is 1250. The van der Waals surface area contributed by atoms with Crippen LogP contribution in [0.1, 0.15) is 69.0 Å². The maximum atomic E-state index is 14.8. The summed E-state index contributed by atoms with van der Waals surface area (Å²) in [5.41, 5.74) is 0.324. The summed E-state index contributed by atoms with van der Waals surface area (Å²) in [5.74, 6) is -2.74. The van der Waals surface area contributed by atoms with Crippen LogP contribution >= 0.6 is 0 Å². The zero-order chi connectivity index (χ0) is 26.5. The van der Waals surface area contributed by atoms with E-state index >= 15 is 0 Å². The van der Waals surface area contributed by atoms with Crippen LogP contribution in [0, 0.1) is 17.6 Å². The fourth-order valence-electron chi connectivity index (χ4n) is 7.12. The van der Waals surface area contributed by atoms with Gasteiger partial charge in [-0.3, -0.25) is 14.5 Å². The molecule has 4 atom stereocenters. The molecule has 2 aromatic carbocycles. The fraction of sp³-hybridized carbons (Fsp3) is 0.464. The molecular weight excluding hydrogens is 482 g/mol. The van der Waals surface area contributed by atoms with Crippen LogP contribution in [0.15, 0.2) is 42.5 Å². The second-order valence-electron chi connectivity index (χ2n) is 10.6. The third-order valence-electron chi connectivity index (χ3n) is 8.64. The molecule has 1 heterocycles. The zero-order valence-corrected chi connectivity index (χ0v) is 20.7. The number of benzene rings is 2. The highest BCUT2D eigenvalue weighted by Gasteiger charge is 2.73. The summed E-state index contributed by atoms with van der Waals surface area (Å²) < 4.78 is 28.0. The van der Waals surface area contributed by atoms with Crippen molar-refractivity contribution in [1.82, 2.24) is 9.38 Å². The lowest BCUT2D eigenvalue weighted by molar-refractivity contribution is -0.157. The minimum absolute atomic E-state index is 0.200. The normalized spacial score (nSPS) is 27.2. The number of quaternary nitrogens is 1. The van der Waals surface area contributed by atoms with Crippen LogP contribution in [0.5, 0.6) is 0 Å². The maximum Gasteiger partial charge on any atom is 0.521 e. The van der Waals surface area contributed by atoms with Crippen LogP contribution in [0.3, 0.4) is 0 Å². The minimum atomic E-state index is -1.24. The number of hydrogen-bond acceptors (Lipinski definition) is 3. The fourth-order valence-corrected chi connectivity index (χ4v) is 7.12. The number of amides is 2. The van der Waals surface area contributed by atoms with Gasteiger partial charge in [-0.05, 0) is 57.2 Å². The zero-order valence-electron chi connectivity index (χ0n) is 20.7. The van der Waals surface area contributed by atoms with Gasteiger partial charge in [0.2, 0.25) is 5.91 Å². The summed E-state index contributed by atoms with van der Waals surface area (Å²) in [6.45, 7) is 1.74. The van der Waals surface area contributed by atoms with Crippen molar-refractivity contribution in [2.75, 3.05) is 0 Å². The maximum absolute atomic E-state index is 14.8. The smallest absolute Gasteiger partial charge is 0.481 e. The lowest BCUT2D eigenvalue weighted by Crippen LogP contribution is -2.80. The van der Waals surface area contributed by atoms with Crippen LogP contribution in [0.25, 0.3) is 0 Å². The van der Waals surface area contributed by atoms with Crippen LogP contribution in [-0.2, 0) is 16.0 Å². The largest absolute Gasteiger partial charge is 0.521 e.